The van der Waals surface area contributed by atoms with Gasteiger partial charge < -0.3 is 44.5 Å². The molecule has 2 unspecified atom stereocenters. The van der Waals surface area contributed by atoms with Gasteiger partial charge in [0.2, 0.25) is 11.8 Å². The highest BCUT2D eigenvalue weighted by molar-refractivity contribution is 5.90. The van der Waals surface area contributed by atoms with Crippen molar-refractivity contribution in [3.8, 4) is 28.7 Å². The van der Waals surface area contributed by atoms with Crippen molar-refractivity contribution in [3.05, 3.63) is 41.5 Å². The highest BCUT2D eigenvalue weighted by Gasteiger charge is 2.50. The van der Waals surface area contributed by atoms with E-state index in [1.54, 1.807) is 6.92 Å². The van der Waals surface area contributed by atoms with Crippen molar-refractivity contribution >= 4 is 11.8 Å². The maximum atomic E-state index is 13.9. The largest absolute Gasteiger partial charge is 0.586 e. The van der Waals surface area contributed by atoms with Crippen LogP contribution in [-0.4, -0.2) is 66.7 Å². The summed E-state index contributed by atoms with van der Waals surface area (Å²) in [6.07, 6.45) is -8.05. The third-order valence-corrected chi connectivity index (χ3v) is 9.15. The SMILES string of the molecule is CC1(C(=O)N[C@@H]2C[C@H](C3CCC(C(=O)NCC(O)CO)CC3)Oc3cc(OC(F)(F)F)ccc32)COc2cc3c(cc21)OC(F)(F)O3. The van der Waals surface area contributed by atoms with Crippen LogP contribution in [0.5, 0.6) is 28.7 Å². The predicted octanol–water partition coefficient (Wildman–Crippen LogP) is 3.84. The monoisotopic (exact) mass is 672 g/mol. The average Bonchev–Trinajstić information content (AvgIpc) is 3.51. The summed E-state index contributed by atoms with van der Waals surface area (Å²) in [4.78, 5) is 26.5. The first-order chi connectivity index (χ1) is 22.1. The van der Waals surface area contributed by atoms with E-state index < -0.39 is 54.6 Å². The van der Waals surface area contributed by atoms with Gasteiger partial charge in [0.1, 0.15) is 35.4 Å². The molecule has 0 bridgehead atoms. The standard InChI is InChI=1S/C31H33F5N2O9/c1-29(14-43-24-11-26-25(9-20(24)29)46-31(35,36)47-26)28(42)38-21-10-22(44-23-8-18(6-7-19(21)23)45-30(32,33)34)15-2-4-16(5-3-15)27(41)37-12-17(40)13-39/h6-9,11,15-17,21-22,39-40H,2-5,10,12-14H2,1H3,(H,37,41)(H,38,42)/t15?,16?,17?,21-,22-,29?/m1/s1. The van der Waals surface area contributed by atoms with Gasteiger partial charge in [-0.05, 0) is 56.7 Å². The molecule has 3 aliphatic heterocycles. The van der Waals surface area contributed by atoms with E-state index in [0.29, 0.717) is 36.8 Å². The summed E-state index contributed by atoms with van der Waals surface area (Å²) in [6, 6.07) is 5.44. The molecular weight excluding hydrogens is 639 g/mol. The van der Waals surface area contributed by atoms with Crippen LogP contribution < -0.4 is 34.3 Å². The summed E-state index contributed by atoms with van der Waals surface area (Å²) in [5.74, 6) is -1.89. The Bertz CT molecular complexity index is 1530. The van der Waals surface area contributed by atoms with Crippen LogP contribution in [0, 0.1) is 11.8 Å². The number of hydrogen-bond acceptors (Lipinski definition) is 9. The smallest absolute Gasteiger partial charge is 0.492 e. The van der Waals surface area contributed by atoms with E-state index in [9.17, 15) is 36.6 Å². The van der Waals surface area contributed by atoms with Gasteiger partial charge in [0, 0.05) is 42.1 Å². The first kappa shape index (κ1) is 32.9. The lowest BCUT2D eigenvalue weighted by atomic mass is 9.76. The van der Waals surface area contributed by atoms with E-state index in [0.717, 1.165) is 12.1 Å². The zero-order valence-corrected chi connectivity index (χ0v) is 25.1. The van der Waals surface area contributed by atoms with Crippen molar-refractivity contribution in [2.24, 2.45) is 11.8 Å². The van der Waals surface area contributed by atoms with Crippen LogP contribution in [0.3, 0.4) is 0 Å². The second kappa shape index (κ2) is 12.2. The van der Waals surface area contributed by atoms with E-state index in [1.165, 1.54) is 18.2 Å². The lowest BCUT2D eigenvalue weighted by molar-refractivity contribution is -0.286. The molecule has 16 heteroatoms. The third kappa shape index (κ3) is 6.84. The molecule has 256 valence electrons. The summed E-state index contributed by atoms with van der Waals surface area (Å²) in [5, 5.41) is 24.1. The summed E-state index contributed by atoms with van der Waals surface area (Å²) in [7, 11) is 0. The zero-order valence-electron chi connectivity index (χ0n) is 25.1. The molecule has 11 nitrogen and oxygen atoms in total. The van der Waals surface area contributed by atoms with Crippen LogP contribution in [0.1, 0.15) is 56.2 Å². The topological polar surface area (TPSA) is 145 Å². The Balaban J connectivity index is 1.20. The molecule has 47 heavy (non-hydrogen) atoms. The van der Waals surface area contributed by atoms with Crippen molar-refractivity contribution in [2.45, 2.75) is 75.3 Å². The maximum absolute atomic E-state index is 13.9. The quantitative estimate of drug-likeness (QED) is 0.308. The summed E-state index contributed by atoms with van der Waals surface area (Å²) < 4.78 is 91.5. The molecule has 3 heterocycles. The van der Waals surface area contributed by atoms with Gasteiger partial charge in [-0.15, -0.1) is 22.0 Å². The fraction of sp³-hybridized carbons (Fsp3) is 0.548. The fourth-order valence-electron chi connectivity index (χ4n) is 6.61. The molecule has 1 fully saturated rings. The lowest BCUT2D eigenvalue weighted by Gasteiger charge is -2.40. The first-order valence-corrected chi connectivity index (χ1v) is 15.2. The molecule has 2 aromatic carbocycles. The number of benzene rings is 2. The molecule has 2 amide bonds. The minimum Gasteiger partial charge on any atom is -0.492 e. The van der Waals surface area contributed by atoms with Crippen LogP contribution in [0.15, 0.2) is 30.3 Å². The van der Waals surface area contributed by atoms with E-state index in [-0.39, 0.29) is 60.3 Å². The molecule has 0 saturated heterocycles. The highest BCUT2D eigenvalue weighted by atomic mass is 19.4. The number of hydrogen-bond donors (Lipinski definition) is 4. The molecule has 0 radical (unpaired) electrons. The molecule has 2 aromatic rings. The minimum absolute atomic E-state index is 0.0777. The normalized spacial score (nSPS) is 27.8. The van der Waals surface area contributed by atoms with E-state index in [2.05, 4.69) is 24.8 Å². The number of fused-ring (bicyclic) bond motifs is 3. The Morgan fingerprint density at radius 2 is 1.74 bits per heavy atom. The second-order valence-corrected chi connectivity index (χ2v) is 12.4. The second-order valence-electron chi connectivity index (χ2n) is 12.4. The Kier molecular flexibility index (Phi) is 8.53. The van der Waals surface area contributed by atoms with Gasteiger partial charge >= 0.3 is 12.7 Å². The van der Waals surface area contributed by atoms with Gasteiger partial charge in [-0.3, -0.25) is 9.59 Å². The van der Waals surface area contributed by atoms with E-state index in [4.69, 9.17) is 14.6 Å². The van der Waals surface area contributed by atoms with E-state index in [1.807, 2.05) is 0 Å². The Morgan fingerprint density at radius 3 is 2.43 bits per heavy atom. The van der Waals surface area contributed by atoms with Gasteiger partial charge in [-0.1, -0.05) is 0 Å². The van der Waals surface area contributed by atoms with Crippen molar-refractivity contribution in [2.75, 3.05) is 19.8 Å². The molecule has 6 rings (SSSR count). The van der Waals surface area contributed by atoms with Crippen LogP contribution in [0.4, 0.5) is 22.0 Å². The number of rotatable bonds is 8. The Morgan fingerprint density at radius 1 is 1.04 bits per heavy atom. The molecule has 1 saturated carbocycles. The number of carbonyl (C=O) groups excluding carboxylic acids is 2. The molecule has 0 spiro atoms. The minimum atomic E-state index is -4.94. The van der Waals surface area contributed by atoms with Gasteiger partial charge in [0.05, 0.1) is 18.8 Å². The average molecular weight is 673 g/mol. The van der Waals surface area contributed by atoms with Gasteiger partial charge in [0.25, 0.3) is 0 Å². The predicted molar refractivity (Wildman–Crippen MR) is 150 cm³/mol. The highest BCUT2D eigenvalue weighted by Crippen LogP contribution is 2.50. The van der Waals surface area contributed by atoms with Crippen LogP contribution in [0.2, 0.25) is 0 Å². The fourth-order valence-corrected chi connectivity index (χ4v) is 6.61. The number of nitrogens with one attached hydrogen (secondary N) is 2. The summed E-state index contributed by atoms with van der Waals surface area (Å²) >= 11 is 0. The zero-order chi connectivity index (χ0) is 33.7. The van der Waals surface area contributed by atoms with E-state index >= 15 is 0 Å². The Hall–Kier alpha value is -4.05. The van der Waals surface area contributed by atoms with Gasteiger partial charge in [0.15, 0.2) is 11.5 Å². The number of alkyl halides is 5. The molecule has 0 aromatic heterocycles. The van der Waals surface area contributed by atoms with Crippen LogP contribution in [0.25, 0.3) is 0 Å². The lowest BCUT2D eigenvalue weighted by Crippen LogP contribution is -2.47. The number of aliphatic hydroxyl groups excluding tert-OH is 2. The van der Waals surface area contributed by atoms with Crippen molar-refractivity contribution < 1.29 is 65.4 Å². The van der Waals surface area contributed by atoms with Gasteiger partial charge in [-0.2, -0.15) is 0 Å². The van der Waals surface area contributed by atoms with Crippen molar-refractivity contribution in [1.82, 2.24) is 10.6 Å². The molecule has 4 N–H and O–H groups in total. The third-order valence-electron chi connectivity index (χ3n) is 9.15. The number of amides is 2. The van der Waals surface area contributed by atoms with Crippen molar-refractivity contribution in [3.63, 3.8) is 0 Å². The number of ether oxygens (including phenoxy) is 5. The first-order valence-electron chi connectivity index (χ1n) is 15.2. The summed E-state index contributed by atoms with van der Waals surface area (Å²) in [6.45, 7) is 0.903. The number of carbonyl (C=O) groups is 2. The van der Waals surface area contributed by atoms with Crippen LogP contribution >= 0.6 is 0 Å². The number of halogens is 5. The summed E-state index contributed by atoms with van der Waals surface area (Å²) in [5.41, 5.74) is -0.614. The molecule has 1 aliphatic carbocycles. The molecular formula is C31H33F5N2O9. The number of aliphatic hydroxyl groups is 2. The maximum Gasteiger partial charge on any atom is 0.586 e. The van der Waals surface area contributed by atoms with Gasteiger partial charge in [-0.25, -0.2) is 0 Å². The molecule has 4 aliphatic rings. The molecule has 4 atom stereocenters. The van der Waals surface area contributed by atoms with Crippen LogP contribution in [-0.2, 0) is 15.0 Å². The van der Waals surface area contributed by atoms with Crippen molar-refractivity contribution in [1.29, 1.82) is 0 Å². The Labute approximate surface area is 265 Å².